The Balaban J connectivity index is 1.92. The molecule has 1 fully saturated rings. The Hall–Kier alpha value is -1.17. The van der Waals surface area contributed by atoms with Gasteiger partial charge in [0.15, 0.2) is 0 Å². The summed E-state index contributed by atoms with van der Waals surface area (Å²) in [6, 6.07) is 0. The maximum absolute atomic E-state index is 3.95. The molecule has 0 unspecified atom stereocenters. The quantitative estimate of drug-likeness (QED) is 0.658. The number of aromatic nitrogens is 4. The normalized spacial score (nSPS) is 19.3. The van der Waals surface area contributed by atoms with Crippen LogP contribution in [0.15, 0.2) is 0 Å². The lowest BCUT2D eigenvalue weighted by atomic mass is 10.3. The SMILES string of the molecule is CCN1CCN(c2nn[nH]n2)CC1. The first-order valence-corrected chi connectivity index (χ1v) is 4.61. The molecule has 0 amide bonds. The topological polar surface area (TPSA) is 60.9 Å². The molecule has 6 heteroatoms. The minimum absolute atomic E-state index is 0.718. The fourth-order valence-corrected chi connectivity index (χ4v) is 1.55. The standard InChI is InChI=1S/C7H14N6/c1-2-12-3-5-13(6-4-12)7-8-10-11-9-7/h2-6H2,1H3,(H,8,9,10,11). The first-order valence-electron chi connectivity index (χ1n) is 4.61. The van der Waals surface area contributed by atoms with Crippen LogP contribution in [0, 0.1) is 0 Å². The summed E-state index contributed by atoms with van der Waals surface area (Å²) in [5, 5.41) is 13.9. The van der Waals surface area contributed by atoms with Crippen molar-refractivity contribution in [3.8, 4) is 0 Å². The second kappa shape index (κ2) is 3.69. The molecule has 2 rings (SSSR count). The highest BCUT2D eigenvalue weighted by molar-refractivity contribution is 5.26. The number of aromatic amines is 1. The molecule has 0 bridgehead atoms. The third-order valence-electron chi connectivity index (χ3n) is 2.44. The molecule has 1 aliphatic rings. The first kappa shape index (κ1) is 8.43. The van der Waals surface area contributed by atoms with Crippen LogP contribution in [-0.4, -0.2) is 58.2 Å². The van der Waals surface area contributed by atoms with Crippen molar-refractivity contribution in [2.24, 2.45) is 0 Å². The van der Waals surface area contributed by atoms with Gasteiger partial charge in [-0.25, -0.2) is 0 Å². The van der Waals surface area contributed by atoms with Gasteiger partial charge in [0.2, 0.25) is 0 Å². The van der Waals surface area contributed by atoms with Crippen LogP contribution in [0.4, 0.5) is 5.95 Å². The predicted octanol–water partition coefficient (Wildman–Crippen LogP) is -0.658. The van der Waals surface area contributed by atoms with Crippen molar-refractivity contribution in [3.63, 3.8) is 0 Å². The highest BCUT2D eigenvalue weighted by Crippen LogP contribution is 2.07. The molecule has 1 aromatic heterocycles. The zero-order valence-corrected chi connectivity index (χ0v) is 7.77. The molecule has 6 nitrogen and oxygen atoms in total. The predicted molar refractivity (Wildman–Crippen MR) is 48.5 cm³/mol. The molecule has 0 atom stereocenters. The maximum Gasteiger partial charge on any atom is 0.265 e. The van der Waals surface area contributed by atoms with Gasteiger partial charge in [-0.2, -0.15) is 5.21 Å². The van der Waals surface area contributed by atoms with Gasteiger partial charge in [0.1, 0.15) is 0 Å². The molecule has 0 radical (unpaired) electrons. The van der Waals surface area contributed by atoms with Gasteiger partial charge in [-0.1, -0.05) is 12.0 Å². The Labute approximate surface area is 76.9 Å². The van der Waals surface area contributed by atoms with Crippen molar-refractivity contribution in [2.75, 3.05) is 37.6 Å². The molecule has 0 saturated carbocycles. The van der Waals surface area contributed by atoms with Gasteiger partial charge in [0.25, 0.3) is 5.95 Å². The van der Waals surface area contributed by atoms with Crippen LogP contribution >= 0.6 is 0 Å². The molecule has 1 aliphatic heterocycles. The summed E-state index contributed by atoms with van der Waals surface area (Å²) in [4.78, 5) is 4.56. The van der Waals surface area contributed by atoms with Crippen molar-refractivity contribution in [3.05, 3.63) is 0 Å². The zero-order chi connectivity index (χ0) is 9.10. The van der Waals surface area contributed by atoms with E-state index in [0.717, 1.165) is 38.7 Å². The van der Waals surface area contributed by atoms with E-state index < -0.39 is 0 Å². The number of likely N-dealkylation sites (N-methyl/N-ethyl adjacent to an activating group) is 1. The molecule has 1 saturated heterocycles. The molecule has 2 heterocycles. The van der Waals surface area contributed by atoms with Crippen LogP contribution in [-0.2, 0) is 0 Å². The largest absolute Gasteiger partial charge is 0.336 e. The minimum atomic E-state index is 0.718. The van der Waals surface area contributed by atoms with Crippen LogP contribution < -0.4 is 4.90 Å². The smallest absolute Gasteiger partial charge is 0.265 e. The van der Waals surface area contributed by atoms with E-state index in [1.807, 2.05) is 0 Å². The number of anilines is 1. The third kappa shape index (κ3) is 1.77. The van der Waals surface area contributed by atoms with Crippen molar-refractivity contribution < 1.29 is 0 Å². The highest BCUT2D eigenvalue weighted by Gasteiger charge is 2.17. The number of H-pyrrole nitrogens is 1. The first-order chi connectivity index (χ1) is 6.40. The number of rotatable bonds is 2. The van der Waals surface area contributed by atoms with Gasteiger partial charge in [-0.05, 0) is 11.8 Å². The van der Waals surface area contributed by atoms with E-state index in [1.54, 1.807) is 0 Å². The summed E-state index contributed by atoms with van der Waals surface area (Å²) >= 11 is 0. The van der Waals surface area contributed by atoms with Gasteiger partial charge >= 0.3 is 0 Å². The fourth-order valence-electron chi connectivity index (χ4n) is 1.55. The summed E-state index contributed by atoms with van der Waals surface area (Å²) in [6.07, 6.45) is 0. The summed E-state index contributed by atoms with van der Waals surface area (Å²) in [7, 11) is 0. The molecule has 0 spiro atoms. The second-order valence-electron chi connectivity index (χ2n) is 3.13. The Morgan fingerprint density at radius 3 is 2.62 bits per heavy atom. The highest BCUT2D eigenvalue weighted by atomic mass is 15.5. The number of piperazine rings is 1. The van der Waals surface area contributed by atoms with E-state index in [4.69, 9.17) is 0 Å². The van der Waals surface area contributed by atoms with E-state index in [-0.39, 0.29) is 0 Å². The molecule has 72 valence electrons. The van der Waals surface area contributed by atoms with Gasteiger partial charge in [0, 0.05) is 26.2 Å². The van der Waals surface area contributed by atoms with Crippen LogP contribution in [0.5, 0.6) is 0 Å². The van der Waals surface area contributed by atoms with Gasteiger partial charge in [0.05, 0.1) is 0 Å². The Morgan fingerprint density at radius 2 is 2.08 bits per heavy atom. The molecule has 1 N–H and O–H groups in total. The lowest BCUT2D eigenvalue weighted by Crippen LogP contribution is -2.46. The molecule has 1 aromatic rings. The minimum Gasteiger partial charge on any atom is -0.336 e. The zero-order valence-electron chi connectivity index (χ0n) is 7.77. The fraction of sp³-hybridized carbons (Fsp3) is 0.857. The average Bonchev–Trinajstić information content (AvgIpc) is 2.71. The lowest BCUT2D eigenvalue weighted by molar-refractivity contribution is 0.270. The number of nitrogens with one attached hydrogen (secondary N) is 1. The lowest BCUT2D eigenvalue weighted by Gasteiger charge is -2.32. The van der Waals surface area contributed by atoms with Gasteiger partial charge in [-0.15, -0.1) is 5.10 Å². The van der Waals surface area contributed by atoms with Gasteiger partial charge < -0.3 is 9.80 Å². The Morgan fingerprint density at radius 1 is 1.31 bits per heavy atom. The second-order valence-corrected chi connectivity index (χ2v) is 3.13. The Bertz CT molecular complexity index is 237. The number of nitrogens with zero attached hydrogens (tertiary/aromatic N) is 5. The van der Waals surface area contributed by atoms with E-state index in [2.05, 4.69) is 37.3 Å². The van der Waals surface area contributed by atoms with E-state index in [9.17, 15) is 0 Å². The molecular weight excluding hydrogens is 168 g/mol. The van der Waals surface area contributed by atoms with Crippen molar-refractivity contribution in [1.82, 2.24) is 25.5 Å². The van der Waals surface area contributed by atoms with E-state index >= 15 is 0 Å². The van der Waals surface area contributed by atoms with E-state index in [0.29, 0.717) is 0 Å². The van der Waals surface area contributed by atoms with Crippen LogP contribution in [0.3, 0.4) is 0 Å². The summed E-state index contributed by atoms with van der Waals surface area (Å²) in [5.74, 6) is 0.718. The number of hydrogen-bond acceptors (Lipinski definition) is 5. The van der Waals surface area contributed by atoms with Crippen molar-refractivity contribution >= 4 is 5.95 Å². The monoisotopic (exact) mass is 182 g/mol. The summed E-state index contributed by atoms with van der Waals surface area (Å²) in [6.45, 7) is 7.47. The molecular formula is C7H14N6. The number of hydrogen-bond donors (Lipinski definition) is 1. The van der Waals surface area contributed by atoms with Crippen molar-refractivity contribution in [2.45, 2.75) is 6.92 Å². The molecule has 13 heavy (non-hydrogen) atoms. The molecule has 0 aliphatic carbocycles. The molecule has 0 aromatic carbocycles. The van der Waals surface area contributed by atoms with Gasteiger partial charge in [-0.3, -0.25) is 0 Å². The van der Waals surface area contributed by atoms with Crippen LogP contribution in [0.25, 0.3) is 0 Å². The van der Waals surface area contributed by atoms with E-state index in [1.165, 1.54) is 0 Å². The number of tetrazole rings is 1. The maximum atomic E-state index is 3.95. The van der Waals surface area contributed by atoms with Crippen molar-refractivity contribution in [1.29, 1.82) is 0 Å². The summed E-state index contributed by atoms with van der Waals surface area (Å²) < 4.78 is 0. The average molecular weight is 182 g/mol. The third-order valence-corrected chi connectivity index (χ3v) is 2.44. The summed E-state index contributed by atoms with van der Waals surface area (Å²) in [5.41, 5.74) is 0. The van der Waals surface area contributed by atoms with Crippen LogP contribution in [0.2, 0.25) is 0 Å². The Kier molecular flexibility index (Phi) is 2.40. The van der Waals surface area contributed by atoms with Crippen LogP contribution in [0.1, 0.15) is 6.92 Å².